The first-order valence-electron chi connectivity index (χ1n) is 15.2. The quantitative estimate of drug-likeness (QED) is 0.206. The van der Waals surface area contributed by atoms with E-state index in [1.54, 1.807) is 24.1 Å². The number of epoxide rings is 1. The summed E-state index contributed by atoms with van der Waals surface area (Å²) in [5.74, 6) is 0.130. The molecule has 3 rings (SSSR count). The number of carbonyl (C=O) groups is 1. The fourth-order valence-corrected chi connectivity index (χ4v) is 9.28. The summed E-state index contributed by atoms with van der Waals surface area (Å²) in [5.41, 5.74) is 0.647. The molecule has 0 aliphatic carbocycles. The van der Waals surface area contributed by atoms with Gasteiger partial charge in [0, 0.05) is 56.0 Å². The number of aliphatic hydroxyl groups is 1. The first-order valence-corrected chi connectivity index (χ1v) is 25.4. The number of carbonyl (C=O) groups excluding carboxylic acids is 1. The van der Waals surface area contributed by atoms with Crippen LogP contribution in [-0.2, 0) is 34.6 Å². The van der Waals surface area contributed by atoms with Gasteiger partial charge in [0.05, 0.1) is 49.4 Å². The Balaban J connectivity index is 1.73. The number of aromatic nitrogens is 2. The molecule has 9 atom stereocenters. The third kappa shape index (κ3) is 11.1. The summed E-state index contributed by atoms with van der Waals surface area (Å²) >= 11 is 0. The Bertz CT molecular complexity index is 1000. The maximum absolute atomic E-state index is 13.2. The summed E-state index contributed by atoms with van der Waals surface area (Å²) in [7, 11) is -3.83. The Morgan fingerprint density at radius 1 is 1.02 bits per heavy atom. The van der Waals surface area contributed by atoms with Gasteiger partial charge in [-0.25, -0.2) is 0 Å². The van der Waals surface area contributed by atoms with Gasteiger partial charge in [-0.3, -0.25) is 9.48 Å². The molecule has 41 heavy (non-hydrogen) atoms. The van der Waals surface area contributed by atoms with Crippen molar-refractivity contribution in [2.45, 2.75) is 135 Å². The van der Waals surface area contributed by atoms with Crippen molar-refractivity contribution in [3.63, 3.8) is 0 Å². The largest absolute Gasteiger partial charge is 0.415 e. The van der Waals surface area contributed by atoms with Crippen molar-refractivity contribution in [2.24, 2.45) is 18.9 Å². The molecule has 0 amide bonds. The van der Waals surface area contributed by atoms with Gasteiger partial charge in [0.15, 0.2) is 25.0 Å². The monoisotopic (exact) mass is 628 g/mol. The van der Waals surface area contributed by atoms with Crippen LogP contribution in [0.25, 0.3) is 0 Å². The molecule has 0 radical (unpaired) electrons. The first kappa shape index (κ1) is 34.8. The molecule has 0 aromatic carbocycles. The third-order valence-corrected chi connectivity index (χ3v) is 10.6. The number of Topliss-reactive ketones (excluding diaryl/α,β-unsaturated/α-hetero) is 1. The Hall–Kier alpha value is -0.709. The lowest BCUT2D eigenvalue weighted by Gasteiger charge is -2.47. The van der Waals surface area contributed by atoms with Crippen LogP contribution in [0.15, 0.2) is 12.4 Å². The van der Waals surface area contributed by atoms with Crippen molar-refractivity contribution in [3.05, 3.63) is 18.0 Å². The van der Waals surface area contributed by atoms with Crippen LogP contribution in [0, 0.1) is 11.8 Å². The molecule has 2 aliphatic rings. The predicted octanol–water partition coefficient (Wildman–Crippen LogP) is 5.29. The molecule has 0 saturated carbocycles. The Labute approximate surface area is 251 Å². The summed E-state index contributed by atoms with van der Waals surface area (Å²) < 4.78 is 34.3. The Morgan fingerprint density at radius 3 is 2.17 bits per heavy atom. The summed E-state index contributed by atoms with van der Waals surface area (Å²) in [6.45, 7) is 24.5. The molecule has 9 nitrogen and oxygen atoms in total. The highest BCUT2D eigenvalue weighted by molar-refractivity contribution is 6.70. The van der Waals surface area contributed by atoms with Crippen LogP contribution in [-0.4, -0.2) is 88.9 Å². The second kappa shape index (κ2) is 13.5. The minimum atomic E-state index is -2.00. The highest BCUT2D eigenvalue weighted by Gasteiger charge is 2.51. The molecule has 0 spiro atoms. The zero-order chi connectivity index (χ0) is 30.9. The summed E-state index contributed by atoms with van der Waals surface area (Å²) in [4.78, 5) is 13.2. The van der Waals surface area contributed by atoms with E-state index in [9.17, 15) is 9.90 Å². The van der Waals surface area contributed by atoms with Gasteiger partial charge in [0.2, 0.25) is 0 Å². The molecule has 3 heterocycles. The van der Waals surface area contributed by atoms with Crippen LogP contribution in [0.4, 0.5) is 0 Å². The second-order valence-electron chi connectivity index (χ2n) is 15.1. The molecule has 1 N–H and O–H groups in total. The SMILES string of the molecule is C[C@@H]([C@@H]1O[C@H]1C[C@@H]1OC[C@H](CC(=O)CC(O)c2cnn(C)c2)[C@@H](O[Si](C)(C)C)[C@@H]1O[Si](C)(C)C)[C@H](C)O[Si](C)(C)C. The normalized spacial score (nSPS) is 29.7. The predicted molar refractivity (Wildman–Crippen MR) is 168 cm³/mol. The van der Waals surface area contributed by atoms with Crippen molar-refractivity contribution in [1.29, 1.82) is 0 Å². The number of hydrogen-bond donors (Lipinski definition) is 1. The van der Waals surface area contributed by atoms with E-state index in [-0.39, 0.29) is 67.1 Å². The molecule has 12 heteroatoms. The minimum absolute atomic E-state index is 0.0138. The number of aliphatic hydroxyl groups excluding tert-OH is 1. The fraction of sp³-hybridized carbons (Fsp3) is 0.862. The van der Waals surface area contributed by atoms with Crippen molar-refractivity contribution >= 4 is 30.7 Å². The third-order valence-electron chi connectivity index (χ3n) is 7.56. The average molecular weight is 629 g/mol. The van der Waals surface area contributed by atoms with Gasteiger partial charge < -0.3 is 27.9 Å². The summed E-state index contributed by atoms with van der Waals surface area (Å²) in [6, 6.07) is 0. The number of rotatable bonds is 15. The molecule has 1 aromatic heterocycles. The molecular formula is C29H56N2O7Si3. The van der Waals surface area contributed by atoms with Gasteiger partial charge >= 0.3 is 0 Å². The van der Waals surface area contributed by atoms with E-state index in [4.69, 9.17) is 22.8 Å². The highest BCUT2D eigenvalue weighted by atomic mass is 28.4. The lowest BCUT2D eigenvalue weighted by Crippen LogP contribution is -2.58. The molecule has 1 aromatic rings. The zero-order valence-corrected chi connectivity index (χ0v) is 30.5. The van der Waals surface area contributed by atoms with Gasteiger partial charge in [0.1, 0.15) is 5.78 Å². The number of ether oxygens (including phenoxy) is 2. The number of hydrogen-bond acceptors (Lipinski definition) is 8. The average Bonchev–Trinajstić information content (AvgIpc) is 3.42. The van der Waals surface area contributed by atoms with E-state index in [2.05, 4.69) is 77.9 Å². The summed E-state index contributed by atoms with van der Waals surface area (Å²) in [5, 5.41) is 14.8. The first-order chi connectivity index (χ1) is 18.7. The smallest absolute Gasteiger partial charge is 0.184 e. The minimum Gasteiger partial charge on any atom is -0.415 e. The van der Waals surface area contributed by atoms with Crippen LogP contribution in [0.5, 0.6) is 0 Å². The van der Waals surface area contributed by atoms with Crippen LogP contribution in [0.2, 0.25) is 58.9 Å². The molecule has 2 saturated heterocycles. The van der Waals surface area contributed by atoms with E-state index in [0.29, 0.717) is 12.2 Å². The van der Waals surface area contributed by atoms with E-state index in [0.717, 1.165) is 6.42 Å². The number of ketones is 1. The fourth-order valence-electron chi connectivity index (χ4n) is 5.71. The maximum Gasteiger partial charge on any atom is 0.184 e. The van der Waals surface area contributed by atoms with Crippen molar-refractivity contribution in [2.75, 3.05) is 6.61 Å². The van der Waals surface area contributed by atoms with E-state index < -0.39 is 31.1 Å². The lowest BCUT2D eigenvalue weighted by atomic mass is 9.85. The topological polar surface area (TPSA) is 105 Å². The standard InChI is InChI=1S/C29H56N2O7Si3/c1-19(20(2)36-39(4,5)6)27-26(35-27)15-25-29(38-41(10,11)12)28(37-40(7,8)9)21(18-34-25)13-23(32)14-24(33)22-16-30-31(3)17-22/h16-17,19-21,24-29,33H,13-15,18H2,1-12H3/t19-,20+,21+,24?,25+,26+,27+,28-,29-/m1/s1. The van der Waals surface area contributed by atoms with Crippen molar-refractivity contribution in [1.82, 2.24) is 9.78 Å². The van der Waals surface area contributed by atoms with Gasteiger partial charge in [-0.15, -0.1) is 0 Å². The molecule has 0 bridgehead atoms. The van der Waals surface area contributed by atoms with Crippen molar-refractivity contribution < 1.29 is 32.7 Å². The zero-order valence-electron chi connectivity index (χ0n) is 27.5. The van der Waals surface area contributed by atoms with E-state index in [1.807, 2.05) is 0 Å². The molecule has 2 aliphatic heterocycles. The van der Waals surface area contributed by atoms with Crippen LogP contribution >= 0.6 is 0 Å². The Morgan fingerprint density at radius 2 is 1.63 bits per heavy atom. The van der Waals surface area contributed by atoms with Crippen LogP contribution < -0.4 is 0 Å². The summed E-state index contributed by atoms with van der Waals surface area (Å²) in [6.07, 6.45) is 3.18. The second-order valence-corrected chi connectivity index (χ2v) is 28.5. The van der Waals surface area contributed by atoms with Gasteiger partial charge in [-0.1, -0.05) is 6.92 Å². The van der Waals surface area contributed by atoms with Gasteiger partial charge in [0.25, 0.3) is 0 Å². The molecule has 236 valence electrons. The highest BCUT2D eigenvalue weighted by Crippen LogP contribution is 2.40. The molecule has 2 fully saturated rings. The van der Waals surface area contributed by atoms with Gasteiger partial charge in [-0.2, -0.15) is 5.10 Å². The Kier molecular flexibility index (Phi) is 11.5. The van der Waals surface area contributed by atoms with Crippen LogP contribution in [0.1, 0.15) is 44.8 Å². The van der Waals surface area contributed by atoms with E-state index >= 15 is 0 Å². The van der Waals surface area contributed by atoms with Crippen molar-refractivity contribution in [3.8, 4) is 0 Å². The van der Waals surface area contributed by atoms with Crippen LogP contribution in [0.3, 0.4) is 0 Å². The molecular weight excluding hydrogens is 573 g/mol. The number of nitrogens with zero attached hydrogens (tertiary/aromatic N) is 2. The van der Waals surface area contributed by atoms with Gasteiger partial charge in [-0.05, 0) is 65.8 Å². The molecule has 1 unspecified atom stereocenters. The maximum atomic E-state index is 13.2. The lowest BCUT2D eigenvalue weighted by molar-refractivity contribution is -0.159. The number of aryl methyl sites for hydroxylation is 1. The van der Waals surface area contributed by atoms with E-state index in [1.165, 1.54) is 0 Å².